The number of ether oxygens (including phenoxy) is 2. The molecule has 0 unspecified atom stereocenters. The highest BCUT2D eigenvalue weighted by Gasteiger charge is 2.17. The smallest absolute Gasteiger partial charge is 0.344 e. The third-order valence-corrected chi connectivity index (χ3v) is 5.13. The van der Waals surface area contributed by atoms with Crippen LogP contribution in [0.25, 0.3) is 0 Å². The number of hydrogen-bond donors (Lipinski definition) is 4. The summed E-state index contributed by atoms with van der Waals surface area (Å²) in [6, 6.07) is 12.8. The van der Waals surface area contributed by atoms with E-state index in [0.29, 0.717) is 6.54 Å². The van der Waals surface area contributed by atoms with Crippen LogP contribution in [0.15, 0.2) is 53.9 Å². The van der Waals surface area contributed by atoms with Gasteiger partial charge in [-0.05, 0) is 30.7 Å². The summed E-state index contributed by atoms with van der Waals surface area (Å²) in [6.07, 6.45) is 0. The van der Waals surface area contributed by atoms with Gasteiger partial charge in [-0.25, -0.2) is 19.4 Å². The molecule has 182 valence electrons. The fourth-order valence-electron chi connectivity index (χ4n) is 2.79. The van der Waals surface area contributed by atoms with Crippen molar-refractivity contribution in [2.75, 3.05) is 23.8 Å². The van der Waals surface area contributed by atoms with E-state index >= 15 is 0 Å². The first-order chi connectivity index (χ1) is 16.9. The minimum atomic E-state index is -1.30. The van der Waals surface area contributed by atoms with Crippen LogP contribution in [0.1, 0.15) is 33.3 Å². The Hall–Kier alpha value is -4.45. The lowest BCUT2D eigenvalue weighted by atomic mass is 10.1. The number of thiazole rings is 1. The van der Waals surface area contributed by atoms with Crippen LogP contribution in [0.5, 0.6) is 5.75 Å². The molecule has 0 aliphatic heterocycles. The number of carbonyl (C=O) groups excluding carboxylic acids is 3. The number of urea groups is 1. The van der Waals surface area contributed by atoms with Crippen molar-refractivity contribution in [3.8, 4) is 5.75 Å². The molecule has 4 N–H and O–H groups in total. The van der Waals surface area contributed by atoms with Gasteiger partial charge in [0.2, 0.25) is 0 Å². The van der Waals surface area contributed by atoms with Gasteiger partial charge in [-0.3, -0.25) is 10.1 Å². The number of anilines is 2. The van der Waals surface area contributed by atoms with Gasteiger partial charge in [0.05, 0.1) is 6.61 Å². The number of aromatic nitrogens is 1. The molecule has 2 aromatic carbocycles. The monoisotopic (exact) mass is 498 g/mol. The van der Waals surface area contributed by atoms with Crippen molar-refractivity contribution in [3.63, 3.8) is 0 Å². The topological polar surface area (TPSA) is 156 Å². The second kappa shape index (κ2) is 12.1. The number of amides is 3. The molecule has 0 aliphatic carbocycles. The Kier molecular flexibility index (Phi) is 8.73. The molecule has 0 saturated heterocycles. The third-order valence-electron chi connectivity index (χ3n) is 4.37. The molecular formula is C23H22N4O7S. The summed E-state index contributed by atoms with van der Waals surface area (Å²) >= 11 is 1.06. The first kappa shape index (κ1) is 25.2. The first-order valence-corrected chi connectivity index (χ1v) is 11.2. The molecule has 35 heavy (non-hydrogen) atoms. The number of rotatable bonds is 10. The molecule has 0 atom stereocenters. The van der Waals surface area contributed by atoms with Crippen molar-refractivity contribution in [2.24, 2.45) is 0 Å². The van der Waals surface area contributed by atoms with Gasteiger partial charge in [0.1, 0.15) is 17.0 Å². The summed E-state index contributed by atoms with van der Waals surface area (Å²) in [4.78, 5) is 51.7. The molecule has 11 nitrogen and oxygen atoms in total. The van der Waals surface area contributed by atoms with Gasteiger partial charge in [-0.2, -0.15) is 0 Å². The maximum absolute atomic E-state index is 12.5. The summed E-state index contributed by atoms with van der Waals surface area (Å²) < 4.78 is 9.97. The van der Waals surface area contributed by atoms with Gasteiger partial charge in [0, 0.05) is 17.6 Å². The van der Waals surface area contributed by atoms with Crippen molar-refractivity contribution < 1.29 is 33.8 Å². The third kappa shape index (κ3) is 7.54. The molecule has 0 spiro atoms. The van der Waals surface area contributed by atoms with Crippen molar-refractivity contribution in [2.45, 2.75) is 13.5 Å². The summed E-state index contributed by atoms with van der Waals surface area (Å²) in [5.74, 6) is -2.59. The summed E-state index contributed by atoms with van der Waals surface area (Å²) in [5, 5.41) is 18.9. The Morgan fingerprint density at radius 2 is 1.83 bits per heavy atom. The van der Waals surface area contributed by atoms with Crippen molar-refractivity contribution >= 4 is 46.0 Å². The molecule has 0 aliphatic rings. The lowest BCUT2D eigenvalue weighted by Crippen LogP contribution is -2.28. The Morgan fingerprint density at radius 1 is 1.06 bits per heavy atom. The predicted octanol–water partition coefficient (Wildman–Crippen LogP) is 3.36. The molecule has 1 aromatic heterocycles. The number of hydrogen-bond acceptors (Lipinski definition) is 8. The molecule has 0 saturated carbocycles. The van der Waals surface area contributed by atoms with Crippen LogP contribution in [0.2, 0.25) is 0 Å². The van der Waals surface area contributed by atoms with Gasteiger partial charge in [0.25, 0.3) is 5.91 Å². The first-order valence-electron chi connectivity index (χ1n) is 10.4. The molecule has 3 aromatic rings. The SMILES string of the molecule is CCOC(=O)COc1ccc(NC(=O)c2csc(NC(=O)NCc3ccccc3)n2)cc1C(=O)O. The number of benzene rings is 2. The van der Waals surface area contributed by atoms with Crippen LogP contribution < -0.4 is 20.7 Å². The number of nitrogens with one attached hydrogen (secondary N) is 3. The summed E-state index contributed by atoms with van der Waals surface area (Å²) in [7, 11) is 0. The zero-order chi connectivity index (χ0) is 25.2. The normalized spacial score (nSPS) is 10.2. The molecule has 12 heteroatoms. The van der Waals surface area contributed by atoms with Gasteiger partial charge >= 0.3 is 18.0 Å². The second-order valence-corrected chi connectivity index (χ2v) is 7.75. The van der Waals surface area contributed by atoms with Crippen LogP contribution >= 0.6 is 11.3 Å². The fraction of sp³-hybridized carbons (Fsp3) is 0.174. The average Bonchev–Trinajstić information content (AvgIpc) is 3.31. The number of carboxylic acid groups (broad SMARTS) is 1. The van der Waals surface area contributed by atoms with Gasteiger partial charge in [0.15, 0.2) is 11.7 Å². The zero-order valence-electron chi connectivity index (χ0n) is 18.6. The predicted molar refractivity (Wildman–Crippen MR) is 128 cm³/mol. The van der Waals surface area contributed by atoms with Gasteiger partial charge in [-0.15, -0.1) is 11.3 Å². The Balaban J connectivity index is 1.58. The quantitative estimate of drug-likeness (QED) is 0.310. The minimum Gasteiger partial charge on any atom is -0.481 e. The highest BCUT2D eigenvalue weighted by Crippen LogP contribution is 2.24. The van der Waals surface area contributed by atoms with E-state index in [9.17, 15) is 24.3 Å². The molecule has 1 heterocycles. The van der Waals surface area contributed by atoms with Crippen LogP contribution in [0.3, 0.4) is 0 Å². The Labute approximate surface area is 204 Å². The maximum atomic E-state index is 12.5. The number of aromatic carboxylic acids is 1. The van der Waals surface area contributed by atoms with Gasteiger partial charge < -0.3 is 25.2 Å². The molecule has 0 radical (unpaired) electrons. The number of carboxylic acids is 1. The molecule has 3 amide bonds. The van der Waals surface area contributed by atoms with E-state index < -0.39 is 30.5 Å². The van der Waals surface area contributed by atoms with Crippen LogP contribution in [0, 0.1) is 0 Å². The highest BCUT2D eigenvalue weighted by molar-refractivity contribution is 7.14. The largest absolute Gasteiger partial charge is 0.481 e. The molecule has 3 rings (SSSR count). The van der Waals surface area contributed by atoms with E-state index in [1.54, 1.807) is 6.92 Å². The number of esters is 1. The summed E-state index contributed by atoms with van der Waals surface area (Å²) in [5.41, 5.74) is 0.898. The fourth-order valence-corrected chi connectivity index (χ4v) is 3.48. The number of carbonyl (C=O) groups is 4. The minimum absolute atomic E-state index is 0.0351. The molecule has 0 bridgehead atoms. The van der Waals surface area contributed by atoms with Crippen molar-refractivity contribution in [1.29, 1.82) is 0 Å². The van der Waals surface area contributed by atoms with E-state index in [1.807, 2.05) is 30.3 Å². The van der Waals surface area contributed by atoms with Crippen molar-refractivity contribution in [3.05, 3.63) is 70.7 Å². The Morgan fingerprint density at radius 3 is 2.54 bits per heavy atom. The van der Waals surface area contributed by atoms with E-state index in [1.165, 1.54) is 23.6 Å². The summed E-state index contributed by atoms with van der Waals surface area (Å²) in [6.45, 7) is 1.69. The molecule has 0 fully saturated rings. The average molecular weight is 499 g/mol. The van der Waals surface area contributed by atoms with Crippen molar-refractivity contribution in [1.82, 2.24) is 10.3 Å². The lowest BCUT2D eigenvalue weighted by Gasteiger charge is -2.11. The Bertz CT molecular complexity index is 1210. The molecular weight excluding hydrogens is 476 g/mol. The zero-order valence-corrected chi connectivity index (χ0v) is 19.4. The van der Waals surface area contributed by atoms with Crippen LogP contribution in [0.4, 0.5) is 15.6 Å². The van der Waals surface area contributed by atoms with E-state index in [2.05, 4.69) is 20.9 Å². The van der Waals surface area contributed by atoms with Crippen LogP contribution in [-0.4, -0.2) is 47.2 Å². The highest BCUT2D eigenvalue weighted by atomic mass is 32.1. The number of nitrogens with zero attached hydrogens (tertiary/aromatic N) is 1. The second-order valence-electron chi connectivity index (χ2n) is 6.90. The standard InChI is InChI=1S/C23H22N4O7S/c1-2-33-19(28)12-34-18-9-8-15(10-16(18)21(30)31)25-20(29)17-13-35-23(26-17)27-22(32)24-11-14-6-4-3-5-7-14/h3-10,13H,2,11-12H2,1H3,(H,25,29)(H,30,31)(H2,24,26,27,32). The lowest BCUT2D eigenvalue weighted by molar-refractivity contribution is -0.145. The van der Waals surface area contributed by atoms with E-state index in [4.69, 9.17) is 9.47 Å². The van der Waals surface area contributed by atoms with Gasteiger partial charge in [-0.1, -0.05) is 30.3 Å². The van der Waals surface area contributed by atoms with Crippen LogP contribution in [-0.2, 0) is 16.1 Å². The van der Waals surface area contributed by atoms with E-state index in [-0.39, 0.29) is 34.4 Å². The van der Waals surface area contributed by atoms with E-state index in [0.717, 1.165) is 16.9 Å². The maximum Gasteiger partial charge on any atom is 0.344 e.